The molecule has 0 aromatic heterocycles. The molecule has 4 amide bonds. The van der Waals surface area contributed by atoms with Crippen LogP contribution in [0.25, 0.3) is 0 Å². The Morgan fingerprint density at radius 1 is 0.909 bits per heavy atom. The van der Waals surface area contributed by atoms with Crippen LogP contribution in [0.15, 0.2) is 60.7 Å². The third-order valence-electron chi connectivity index (χ3n) is 7.60. The van der Waals surface area contributed by atoms with Crippen molar-refractivity contribution < 1.29 is 33.4 Å². The van der Waals surface area contributed by atoms with Crippen LogP contribution in [0.4, 0.5) is 4.79 Å². The summed E-state index contributed by atoms with van der Waals surface area (Å²) in [4.78, 5) is 65.0. The summed E-state index contributed by atoms with van der Waals surface area (Å²) in [6.07, 6.45) is 0.808. The van der Waals surface area contributed by atoms with Gasteiger partial charge in [-0.1, -0.05) is 87.7 Å². The van der Waals surface area contributed by atoms with Crippen molar-refractivity contribution in [3.05, 3.63) is 71.8 Å². The number of rotatable bonds is 15. The first-order valence-electron chi connectivity index (χ1n) is 15.1. The average Bonchev–Trinajstić information content (AvgIpc) is 3.36. The van der Waals surface area contributed by atoms with Crippen LogP contribution in [0.5, 0.6) is 0 Å². The fraction of sp³-hybridized carbons (Fsp3) is 0.469. The van der Waals surface area contributed by atoms with E-state index >= 15 is 0 Å². The Labute approximate surface area is 259 Å². The molecule has 0 saturated carbocycles. The van der Waals surface area contributed by atoms with Crippen molar-refractivity contribution in [1.82, 2.24) is 21.3 Å². The molecule has 0 aliphatic carbocycles. The van der Waals surface area contributed by atoms with Gasteiger partial charge in [-0.25, -0.2) is 9.59 Å². The zero-order valence-corrected chi connectivity index (χ0v) is 25.8. The van der Waals surface area contributed by atoms with Gasteiger partial charge in [0.05, 0.1) is 7.11 Å². The molecule has 44 heavy (non-hydrogen) atoms. The highest BCUT2D eigenvalue weighted by Crippen LogP contribution is 2.23. The van der Waals surface area contributed by atoms with E-state index in [0.717, 1.165) is 24.7 Å². The molecule has 5 atom stereocenters. The Bertz CT molecular complexity index is 1260. The van der Waals surface area contributed by atoms with Gasteiger partial charge in [-0.3, -0.25) is 14.4 Å². The Hall–Kier alpha value is -4.35. The van der Waals surface area contributed by atoms with Crippen molar-refractivity contribution in [3.63, 3.8) is 0 Å². The van der Waals surface area contributed by atoms with Crippen molar-refractivity contribution in [2.75, 3.05) is 7.11 Å². The number of ether oxygens (including phenoxy) is 2. The van der Waals surface area contributed by atoms with Crippen LogP contribution in [0, 0.1) is 11.8 Å². The van der Waals surface area contributed by atoms with Crippen LogP contribution in [-0.4, -0.2) is 68.3 Å². The second-order valence-electron chi connectivity index (χ2n) is 11.4. The minimum absolute atomic E-state index is 0.0245. The molecule has 1 saturated heterocycles. The SMILES string of the molecule is CBCC1C[C@@H](C[C@H](NC(=O)[C@H](Cc2ccccc2)NC(=O)[C@@H](NC(=O)OCc2ccccc2)C(C)C)C(=O)OC)C(=O)N1. The van der Waals surface area contributed by atoms with Crippen molar-refractivity contribution in [3.8, 4) is 0 Å². The molecule has 1 unspecified atom stereocenters. The predicted molar refractivity (Wildman–Crippen MR) is 167 cm³/mol. The Morgan fingerprint density at radius 2 is 1.52 bits per heavy atom. The standard InChI is InChI=1S/C32H43BN4O7/c1-20(2)27(37-32(42)44-19-22-13-9-6-10-14-22)30(40)35-25(15-21-11-7-5-8-12-21)29(39)36-26(31(41)43-4)17-23-16-24(18-33-3)34-28(23)38/h5-14,20,23-27,33H,15-19H2,1-4H3,(H,34,38)(H,35,40)(H,36,39)(H,37,42)/t23-,24?,25-,26-,27-/m0/s1. The molecule has 3 rings (SSSR count). The minimum Gasteiger partial charge on any atom is -0.467 e. The largest absolute Gasteiger partial charge is 0.467 e. The maximum Gasteiger partial charge on any atom is 0.408 e. The molecule has 0 radical (unpaired) electrons. The van der Waals surface area contributed by atoms with Gasteiger partial charge in [0.2, 0.25) is 17.7 Å². The average molecular weight is 607 g/mol. The van der Waals surface area contributed by atoms with Gasteiger partial charge in [0, 0.05) is 18.4 Å². The fourth-order valence-electron chi connectivity index (χ4n) is 5.23. The van der Waals surface area contributed by atoms with E-state index < -0.39 is 47.9 Å². The molecule has 1 fully saturated rings. The first-order valence-corrected chi connectivity index (χ1v) is 15.1. The number of hydrogen-bond donors (Lipinski definition) is 4. The second-order valence-corrected chi connectivity index (χ2v) is 11.4. The van der Waals surface area contributed by atoms with Gasteiger partial charge in [0.15, 0.2) is 0 Å². The molecule has 1 aliphatic rings. The van der Waals surface area contributed by atoms with Gasteiger partial charge in [-0.2, -0.15) is 0 Å². The summed E-state index contributed by atoms with van der Waals surface area (Å²) in [6.45, 7) is 5.59. The van der Waals surface area contributed by atoms with E-state index in [2.05, 4.69) is 21.3 Å². The summed E-state index contributed by atoms with van der Waals surface area (Å²) in [7, 11) is 2.13. The van der Waals surface area contributed by atoms with E-state index in [9.17, 15) is 24.0 Å². The van der Waals surface area contributed by atoms with Crippen LogP contribution in [0.3, 0.4) is 0 Å². The number of alkyl carbamates (subject to hydrolysis) is 1. The molecule has 2 aromatic carbocycles. The summed E-state index contributed by atoms with van der Waals surface area (Å²) in [5.74, 6) is -2.84. The first-order chi connectivity index (χ1) is 21.1. The Kier molecular flexibility index (Phi) is 13.3. The monoisotopic (exact) mass is 606 g/mol. The van der Waals surface area contributed by atoms with Gasteiger partial charge in [-0.15, -0.1) is 0 Å². The molecular weight excluding hydrogens is 563 g/mol. The lowest BCUT2D eigenvalue weighted by atomic mass is 9.74. The zero-order valence-electron chi connectivity index (χ0n) is 25.8. The maximum atomic E-state index is 13.7. The van der Waals surface area contributed by atoms with E-state index in [1.807, 2.05) is 67.5 Å². The third kappa shape index (κ3) is 10.4. The lowest BCUT2D eigenvalue weighted by Crippen LogP contribution is -2.57. The number of nitrogens with one attached hydrogen (secondary N) is 4. The first kappa shape index (κ1) is 34.1. The van der Waals surface area contributed by atoms with Crippen LogP contribution in [-0.2, 0) is 41.7 Å². The van der Waals surface area contributed by atoms with Gasteiger partial charge in [0.25, 0.3) is 0 Å². The quantitative estimate of drug-likeness (QED) is 0.179. The third-order valence-corrected chi connectivity index (χ3v) is 7.60. The maximum absolute atomic E-state index is 13.7. The highest BCUT2D eigenvalue weighted by molar-refractivity contribution is 6.33. The molecule has 4 N–H and O–H groups in total. The normalized spacial score (nSPS) is 17.9. The number of carbonyl (C=O) groups is 5. The molecular formula is C32H43BN4O7. The van der Waals surface area contributed by atoms with Crippen molar-refractivity contribution in [2.45, 2.75) is 77.0 Å². The molecule has 0 bridgehead atoms. The number of hydrogen-bond acceptors (Lipinski definition) is 7. The topological polar surface area (TPSA) is 152 Å². The fourth-order valence-corrected chi connectivity index (χ4v) is 5.23. The van der Waals surface area contributed by atoms with Gasteiger partial charge >= 0.3 is 12.1 Å². The Morgan fingerprint density at radius 3 is 2.11 bits per heavy atom. The molecule has 2 aromatic rings. The summed E-state index contributed by atoms with van der Waals surface area (Å²) < 4.78 is 10.2. The molecule has 0 spiro atoms. The van der Waals surface area contributed by atoms with Crippen molar-refractivity contribution in [2.24, 2.45) is 11.8 Å². The van der Waals surface area contributed by atoms with Crippen LogP contribution in [0.1, 0.15) is 37.8 Å². The number of carbonyl (C=O) groups excluding carboxylic acids is 5. The number of esters is 1. The Balaban J connectivity index is 1.72. The molecule has 236 valence electrons. The van der Waals surface area contributed by atoms with E-state index in [0.29, 0.717) is 6.42 Å². The summed E-state index contributed by atoms with van der Waals surface area (Å²) >= 11 is 0. The lowest BCUT2D eigenvalue weighted by molar-refractivity contribution is -0.146. The van der Waals surface area contributed by atoms with E-state index in [4.69, 9.17) is 9.47 Å². The molecule has 1 aliphatic heterocycles. The number of benzene rings is 2. The predicted octanol–water partition coefficient (Wildman–Crippen LogP) is 2.12. The second kappa shape index (κ2) is 17.1. The number of amides is 4. The molecule has 1 heterocycles. The zero-order chi connectivity index (χ0) is 32.1. The van der Waals surface area contributed by atoms with Crippen LogP contribution >= 0.6 is 0 Å². The van der Waals surface area contributed by atoms with Gasteiger partial charge < -0.3 is 30.7 Å². The van der Waals surface area contributed by atoms with Crippen LogP contribution in [0.2, 0.25) is 13.1 Å². The van der Waals surface area contributed by atoms with Crippen molar-refractivity contribution in [1.29, 1.82) is 0 Å². The lowest BCUT2D eigenvalue weighted by Gasteiger charge is -2.27. The minimum atomic E-state index is -1.09. The molecule has 12 heteroatoms. The molecule has 11 nitrogen and oxygen atoms in total. The van der Waals surface area contributed by atoms with Crippen LogP contribution < -0.4 is 21.3 Å². The van der Waals surface area contributed by atoms with Gasteiger partial charge in [0.1, 0.15) is 32.0 Å². The highest BCUT2D eigenvalue weighted by Gasteiger charge is 2.37. The highest BCUT2D eigenvalue weighted by atomic mass is 16.5. The van der Waals surface area contributed by atoms with E-state index in [1.54, 1.807) is 13.8 Å². The van der Waals surface area contributed by atoms with Gasteiger partial charge in [-0.05, 0) is 29.9 Å². The smallest absolute Gasteiger partial charge is 0.408 e. The van der Waals surface area contributed by atoms with E-state index in [1.165, 1.54) is 7.11 Å². The van der Waals surface area contributed by atoms with E-state index in [-0.39, 0.29) is 37.3 Å². The number of methoxy groups -OCH3 is 1. The summed E-state index contributed by atoms with van der Waals surface area (Å²) in [5.41, 5.74) is 1.57. The summed E-state index contributed by atoms with van der Waals surface area (Å²) in [5, 5.41) is 11.0. The van der Waals surface area contributed by atoms with Crippen molar-refractivity contribution >= 4 is 37.1 Å². The summed E-state index contributed by atoms with van der Waals surface area (Å²) in [6, 6.07) is 15.1.